The minimum Gasteiger partial charge on any atom is -0.314 e. The molecule has 0 bridgehead atoms. The van der Waals surface area contributed by atoms with Crippen LogP contribution in [0.1, 0.15) is 11.4 Å². The molecule has 1 saturated heterocycles. The molecule has 2 heterocycles. The number of nitro groups is 1. The lowest BCUT2D eigenvalue weighted by atomic mass is 10.3. The van der Waals surface area contributed by atoms with Crippen LogP contribution in [-0.4, -0.2) is 52.3 Å². The Kier molecular flexibility index (Phi) is 3.93. The molecule has 2 rings (SSSR count). The van der Waals surface area contributed by atoms with Crippen LogP contribution in [0.2, 0.25) is 0 Å². The lowest BCUT2D eigenvalue weighted by molar-refractivity contribution is -0.386. The Hall–Kier alpha value is -1.47. The first-order valence-electron chi connectivity index (χ1n) is 6.21. The average molecular weight is 253 g/mol. The van der Waals surface area contributed by atoms with E-state index in [1.165, 1.54) is 0 Å². The molecular weight excluding hydrogens is 234 g/mol. The largest absolute Gasteiger partial charge is 0.314 e. The number of hydrogen-bond donors (Lipinski definition) is 1. The molecule has 1 N–H and O–H groups in total. The van der Waals surface area contributed by atoms with Crippen LogP contribution in [0.25, 0.3) is 0 Å². The van der Waals surface area contributed by atoms with Gasteiger partial charge in [0.05, 0.1) is 11.5 Å². The van der Waals surface area contributed by atoms with Crippen molar-refractivity contribution in [3.05, 3.63) is 21.5 Å². The van der Waals surface area contributed by atoms with Crippen LogP contribution in [0.5, 0.6) is 0 Å². The smallest absolute Gasteiger partial charge is 0.312 e. The fourth-order valence-electron chi connectivity index (χ4n) is 2.34. The van der Waals surface area contributed by atoms with Crippen molar-refractivity contribution in [2.24, 2.45) is 0 Å². The summed E-state index contributed by atoms with van der Waals surface area (Å²) in [7, 11) is 0. The van der Waals surface area contributed by atoms with Crippen molar-refractivity contribution >= 4 is 5.69 Å². The number of piperazine rings is 1. The summed E-state index contributed by atoms with van der Waals surface area (Å²) in [6.45, 7) is 9.13. The molecule has 0 unspecified atom stereocenters. The highest BCUT2D eigenvalue weighted by Crippen LogP contribution is 2.21. The van der Waals surface area contributed by atoms with Gasteiger partial charge in [0.1, 0.15) is 11.4 Å². The summed E-state index contributed by atoms with van der Waals surface area (Å²) in [6.07, 6.45) is 0. The molecule has 1 aromatic rings. The Bertz CT molecular complexity index is 437. The Balaban J connectivity index is 2.01. The number of rotatable bonds is 4. The third-order valence-corrected chi connectivity index (χ3v) is 3.36. The van der Waals surface area contributed by atoms with Crippen molar-refractivity contribution in [2.45, 2.75) is 20.4 Å². The molecule has 7 heteroatoms. The maximum absolute atomic E-state index is 10.9. The minimum absolute atomic E-state index is 0.148. The van der Waals surface area contributed by atoms with Crippen molar-refractivity contribution in [3.8, 4) is 0 Å². The second-order valence-electron chi connectivity index (χ2n) is 4.59. The van der Waals surface area contributed by atoms with Gasteiger partial charge in [-0.2, -0.15) is 5.10 Å². The molecule has 1 aliphatic heterocycles. The van der Waals surface area contributed by atoms with Crippen LogP contribution in [0.4, 0.5) is 5.69 Å². The van der Waals surface area contributed by atoms with E-state index < -0.39 is 0 Å². The van der Waals surface area contributed by atoms with Gasteiger partial charge < -0.3 is 5.32 Å². The van der Waals surface area contributed by atoms with Gasteiger partial charge in [0.2, 0.25) is 0 Å². The van der Waals surface area contributed by atoms with E-state index in [9.17, 15) is 10.1 Å². The van der Waals surface area contributed by atoms with Gasteiger partial charge in [-0.05, 0) is 13.8 Å². The predicted molar refractivity (Wildman–Crippen MR) is 67.7 cm³/mol. The summed E-state index contributed by atoms with van der Waals surface area (Å²) in [5, 5.41) is 18.4. The molecular formula is C11H19N5O2. The molecule has 0 aliphatic carbocycles. The zero-order valence-corrected chi connectivity index (χ0v) is 10.8. The second-order valence-corrected chi connectivity index (χ2v) is 4.59. The lowest BCUT2D eigenvalue weighted by Gasteiger charge is -2.27. The van der Waals surface area contributed by atoms with Gasteiger partial charge in [0.25, 0.3) is 0 Å². The van der Waals surface area contributed by atoms with E-state index >= 15 is 0 Å². The van der Waals surface area contributed by atoms with Crippen molar-refractivity contribution in [1.82, 2.24) is 20.0 Å². The number of aromatic nitrogens is 2. The van der Waals surface area contributed by atoms with E-state index in [4.69, 9.17) is 0 Å². The highest BCUT2D eigenvalue weighted by molar-refractivity contribution is 5.39. The summed E-state index contributed by atoms with van der Waals surface area (Å²) in [5.41, 5.74) is 1.29. The molecule has 100 valence electrons. The van der Waals surface area contributed by atoms with Crippen molar-refractivity contribution in [3.63, 3.8) is 0 Å². The zero-order chi connectivity index (χ0) is 13.1. The predicted octanol–water partition coefficient (Wildman–Crippen LogP) is 0.313. The molecule has 1 aliphatic rings. The first-order chi connectivity index (χ1) is 8.59. The van der Waals surface area contributed by atoms with Gasteiger partial charge >= 0.3 is 5.69 Å². The molecule has 1 fully saturated rings. The van der Waals surface area contributed by atoms with Crippen molar-refractivity contribution in [1.29, 1.82) is 0 Å². The minimum atomic E-state index is -0.348. The van der Waals surface area contributed by atoms with E-state index in [-0.39, 0.29) is 10.6 Å². The third-order valence-electron chi connectivity index (χ3n) is 3.36. The molecule has 1 aromatic heterocycles. The summed E-state index contributed by atoms with van der Waals surface area (Å²) in [6, 6.07) is 0. The molecule has 0 spiro atoms. The van der Waals surface area contributed by atoms with Gasteiger partial charge in [-0.1, -0.05) is 0 Å². The highest BCUT2D eigenvalue weighted by Gasteiger charge is 2.21. The van der Waals surface area contributed by atoms with Crippen LogP contribution < -0.4 is 5.32 Å². The Morgan fingerprint density at radius 3 is 2.56 bits per heavy atom. The lowest BCUT2D eigenvalue weighted by Crippen LogP contribution is -2.44. The molecule has 7 nitrogen and oxygen atoms in total. The van der Waals surface area contributed by atoms with Crippen molar-refractivity contribution in [2.75, 3.05) is 32.7 Å². The fraction of sp³-hybridized carbons (Fsp3) is 0.727. The molecule has 0 amide bonds. The fourth-order valence-corrected chi connectivity index (χ4v) is 2.34. The van der Waals surface area contributed by atoms with Gasteiger partial charge in [-0.15, -0.1) is 0 Å². The first-order valence-corrected chi connectivity index (χ1v) is 6.21. The standard InChI is InChI=1S/C11H19N5O2/c1-9-11(16(17)18)10(2)15(13-9)8-7-14-5-3-12-4-6-14/h12H,3-8H2,1-2H3. The second kappa shape index (κ2) is 5.45. The molecule has 0 radical (unpaired) electrons. The van der Waals surface area contributed by atoms with Gasteiger partial charge in [0.15, 0.2) is 0 Å². The average Bonchev–Trinajstić information content (AvgIpc) is 2.63. The summed E-state index contributed by atoms with van der Waals surface area (Å²) < 4.78 is 1.75. The van der Waals surface area contributed by atoms with Crippen LogP contribution in [-0.2, 0) is 6.54 Å². The summed E-state index contributed by atoms with van der Waals surface area (Å²) >= 11 is 0. The van der Waals surface area contributed by atoms with Crippen LogP contribution in [0.15, 0.2) is 0 Å². The summed E-state index contributed by atoms with van der Waals surface area (Å²) in [4.78, 5) is 12.9. The maximum Gasteiger partial charge on any atom is 0.312 e. The maximum atomic E-state index is 10.9. The number of nitrogens with zero attached hydrogens (tertiary/aromatic N) is 4. The van der Waals surface area contributed by atoms with Crippen molar-refractivity contribution < 1.29 is 4.92 Å². The highest BCUT2D eigenvalue weighted by atomic mass is 16.6. The van der Waals surface area contributed by atoms with E-state index in [0.717, 1.165) is 32.7 Å². The molecule has 0 saturated carbocycles. The monoisotopic (exact) mass is 253 g/mol. The van der Waals surface area contributed by atoms with Gasteiger partial charge in [-0.25, -0.2) is 0 Å². The van der Waals surface area contributed by atoms with Gasteiger partial charge in [-0.3, -0.25) is 19.7 Å². The quantitative estimate of drug-likeness (QED) is 0.617. The topological polar surface area (TPSA) is 76.2 Å². The van der Waals surface area contributed by atoms with E-state index in [1.54, 1.807) is 18.5 Å². The Morgan fingerprint density at radius 1 is 1.33 bits per heavy atom. The number of nitrogens with one attached hydrogen (secondary N) is 1. The van der Waals surface area contributed by atoms with Gasteiger partial charge in [0, 0.05) is 32.7 Å². The Labute approximate surface area is 106 Å². The SMILES string of the molecule is Cc1nn(CCN2CCNCC2)c(C)c1[N+](=O)[O-]. The summed E-state index contributed by atoms with van der Waals surface area (Å²) in [5.74, 6) is 0. The molecule has 18 heavy (non-hydrogen) atoms. The third kappa shape index (κ3) is 2.68. The van der Waals surface area contributed by atoms with E-state index in [2.05, 4.69) is 15.3 Å². The number of aryl methyl sites for hydroxylation is 1. The van der Waals surface area contributed by atoms with Crippen LogP contribution >= 0.6 is 0 Å². The van der Waals surface area contributed by atoms with E-state index in [0.29, 0.717) is 17.9 Å². The normalized spacial score (nSPS) is 17.0. The zero-order valence-electron chi connectivity index (χ0n) is 10.8. The molecule has 0 aromatic carbocycles. The van der Waals surface area contributed by atoms with Crippen LogP contribution in [0, 0.1) is 24.0 Å². The first kappa shape index (κ1) is 13.0. The van der Waals surface area contributed by atoms with E-state index in [1.807, 2.05) is 0 Å². The number of hydrogen-bond acceptors (Lipinski definition) is 5. The van der Waals surface area contributed by atoms with Crippen LogP contribution in [0.3, 0.4) is 0 Å². The Morgan fingerprint density at radius 2 is 2.00 bits per heavy atom. The molecule has 0 atom stereocenters.